The van der Waals surface area contributed by atoms with Crippen molar-refractivity contribution in [1.82, 2.24) is 5.06 Å². The van der Waals surface area contributed by atoms with Gasteiger partial charge in [0.25, 0.3) is 11.8 Å². The minimum absolute atomic E-state index is 0.112. The lowest BCUT2D eigenvalue weighted by atomic mass is 10.4. The van der Waals surface area contributed by atoms with Gasteiger partial charge in [-0.2, -0.15) is 0 Å². The topological polar surface area (TPSA) is 63.7 Å². The van der Waals surface area contributed by atoms with E-state index in [0.717, 1.165) is 6.47 Å². The molecule has 1 aliphatic rings. The van der Waals surface area contributed by atoms with Crippen molar-refractivity contribution in [3.8, 4) is 0 Å². The van der Waals surface area contributed by atoms with Crippen LogP contribution >= 0.6 is 0 Å². The van der Waals surface area contributed by atoms with E-state index in [1.807, 2.05) is 0 Å². The van der Waals surface area contributed by atoms with Gasteiger partial charge in [0.05, 0.1) is 0 Å². The van der Waals surface area contributed by atoms with E-state index in [-0.39, 0.29) is 12.8 Å². The van der Waals surface area contributed by atoms with Crippen LogP contribution in [0.3, 0.4) is 0 Å². The molecule has 0 aromatic rings. The van der Waals surface area contributed by atoms with Crippen molar-refractivity contribution in [3.63, 3.8) is 0 Å². The molecular formula is C5H4NO4. The van der Waals surface area contributed by atoms with Crippen LogP contribution < -0.4 is 0 Å². The lowest BCUT2D eigenvalue weighted by Gasteiger charge is -2.05. The van der Waals surface area contributed by atoms with E-state index >= 15 is 0 Å². The molecule has 0 atom stereocenters. The number of nitrogens with zero attached hydrogens (tertiary/aromatic N) is 1. The number of hydrogen-bond acceptors (Lipinski definition) is 4. The maximum atomic E-state index is 10.6. The van der Waals surface area contributed by atoms with E-state index in [4.69, 9.17) is 0 Å². The Bertz CT molecular complexity index is 172. The summed E-state index contributed by atoms with van der Waals surface area (Å²) < 4.78 is 0. The van der Waals surface area contributed by atoms with E-state index in [1.54, 1.807) is 0 Å². The van der Waals surface area contributed by atoms with Gasteiger partial charge >= 0.3 is 6.47 Å². The molecule has 1 heterocycles. The molecule has 1 radical (unpaired) electrons. The standard InChI is InChI=1S/C5H4NO4/c7-3-10-6-4(8)1-2-5(6)9/h1-2H2. The minimum atomic E-state index is -0.492. The average Bonchev–Trinajstić information content (AvgIpc) is 2.20. The SMILES string of the molecule is O=[C]ON1C(=O)CCC1=O. The van der Waals surface area contributed by atoms with Crippen molar-refractivity contribution in [2.45, 2.75) is 12.8 Å². The fourth-order valence-corrected chi connectivity index (χ4v) is 0.695. The second kappa shape index (κ2) is 2.47. The van der Waals surface area contributed by atoms with Gasteiger partial charge in [-0.1, -0.05) is 0 Å². The Morgan fingerprint density at radius 1 is 1.30 bits per heavy atom. The molecule has 10 heavy (non-hydrogen) atoms. The summed E-state index contributed by atoms with van der Waals surface area (Å²) in [5.41, 5.74) is 0. The Balaban J connectivity index is 2.62. The normalized spacial score (nSPS) is 17.8. The third-order valence-electron chi connectivity index (χ3n) is 1.13. The van der Waals surface area contributed by atoms with E-state index in [9.17, 15) is 14.4 Å². The average molecular weight is 142 g/mol. The molecule has 1 fully saturated rings. The molecule has 0 aromatic heterocycles. The molecule has 0 N–H and O–H groups in total. The molecule has 1 rings (SSSR count). The lowest BCUT2D eigenvalue weighted by molar-refractivity contribution is -0.167. The Morgan fingerprint density at radius 2 is 1.80 bits per heavy atom. The lowest BCUT2D eigenvalue weighted by Crippen LogP contribution is -2.28. The van der Waals surface area contributed by atoms with Crippen molar-refractivity contribution in [2.24, 2.45) is 0 Å². The molecule has 0 saturated carbocycles. The van der Waals surface area contributed by atoms with Crippen LogP contribution in [0.1, 0.15) is 12.8 Å². The van der Waals surface area contributed by atoms with Crippen LogP contribution in [-0.2, 0) is 19.2 Å². The van der Waals surface area contributed by atoms with Gasteiger partial charge in [-0.3, -0.25) is 9.59 Å². The maximum Gasteiger partial charge on any atom is 0.444 e. The highest BCUT2D eigenvalue weighted by atomic mass is 16.7. The smallest absolute Gasteiger partial charge is 0.319 e. The molecular weight excluding hydrogens is 138 g/mol. The molecule has 0 aliphatic carbocycles. The number of amides is 2. The van der Waals surface area contributed by atoms with Crippen LogP contribution in [0.25, 0.3) is 0 Å². The van der Waals surface area contributed by atoms with E-state index in [1.165, 1.54) is 0 Å². The molecule has 53 valence electrons. The van der Waals surface area contributed by atoms with Crippen molar-refractivity contribution in [1.29, 1.82) is 0 Å². The summed E-state index contributed by atoms with van der Waals surface area (Å²) in [5, 5.41) is 0.424. The van der Waals surface area contributed by atoms with Crippen LogP contribution in [-0.4, -0.2) is 23.3 Å². The van der Waals surface area contributed by atoms with Crippen LogP contribution in [0.5, 0.6) is 0 Å². The molecule has 1 aliphatic heterocycles. The third kappa shape index (κ3) is 0.975. The van der Waals surface area contributed by atoms with Crippen molar-refractivity contribution in [3.05, 3.63) is 0 Å². The van der Waals surface area contributed by atoms with Gasteiger partial charge in [0, 0.05) is 12.8 Å². The van der Waals surface area contributed by atoms with Crippen LogP contribution in [0.2, 0.25) is 0 Å². The number of hydroxylamine groups is 2. The second-order valence-electron chi connectivity index (χ2n) is 1.76. The molecule has 5 nitrogen and oxygen atoms in total. The van der Waals surface area contributed by atoms with Gasteiger partial charge in [0.1, 0.15) is 0 Å². The first-order chi connectivity index (χ1) is 4.75. The number of imide groups is 1. The highest BCUT2D eigenvalue weighted by molar-refractivity contribution is 6.01. The Labute approximate surface area is 56.5 Å². The van der Waals surface area contributed by atoms with Gasteiger partial charge in [-0.25, -0.2) is 4.79 Å². The van der Waals surface area contributed by atoms with Crippen LogP contribution in [0, 0.1) is 0 Å². The van der Waals surface area contributed by atoms with Gasteiger partial charge in [-0.05, 0) is 0 Å². The van der Waals surface area contributed by atoms with Gasteiger partial charge in [0.15, 0.2) is 0 Å². The predicted octanol–water partition coefficient (Wildman–Crippen LogP) is -0.866. The Hall–Kier alpha value is -1.39. The van der Waals surface area contributed by atoms with Crippen LogP contribution in [0.4, 0.5) is 0 Å². The molecule has 0 bridgehead atoms. The van der Waals surface area contributed by atoms with Gasteiger partial charge in [-0.15, -0.1) is 5.06 Å². The number of hydrogen-bond donors (Lipinski definition) is 0. The molecule has 0 aromatic carbocycles. The van der Waals surface area contributed by atoms with Crippen molar-refractivity contribution >= 4 is 18.3 Å². The summed E-state index contributed by atoms with van der Waals surface area (Å²) in [5.74, 6) is -0.985. The van der Waals surface area contributed by atoms with Gasteiger partial charge in [0.2, 0.25) is 0 Å². The summed E-state index contributed by atoms with van der Waals surface area (Å²) >= 11 is 0. The summed E-state index contributed by atoms with van der Waals surface area (Å²) in [7, 11) is 0. The summed E-state index contributed by atoms with van der Waals surface area (Å²) in [6.07, 6.45) is 0.223. The highest BCUT2D eigenvalue weighted by Crippen LogP contribution is 2.10. The largest absolute Gasteiger partial charge is 0.444 e. The number of carbonyl (C=O) groups excluding carboxylic acids is 3. The molecule has 1 saturated heterocycles. The molecule has 0 spiro atoms. The molecule has 0 unspecified atom stereocenters. The highest BCUT2D eigenvalue weighted by Gasteiger charge is 2.30. The van der Waals surface area contributed by atoms with Crippen LogP contribution in [0.15, 0.2) is 0 Å². The van der Waals surface area contributed by atoms with E-state index in [0.29, 0.717) is 5.06 Å². The predicted molar refractivity (Wildman–Crippen MR) is 27.9 cm³/mol. The summed E-state index contributed by atoms with van der Waals surface area (Å²) in [4.78, 5) is 34.7. The maximum absolute atomic E-state index is 10.6. The van der Waals surface area contributed by atoms with Crippen molar-refractivity contribution < 1.29 is 19.2 Å². The number of rotatable bonds is 2. The Morgan fingerprint density at radius 3 is 2.20 bits per heavy atom. The van der Waals surface area contributed by atoms with Gasteiger partial charge < -0.3 is 4.84 Å². The zero-order valence-electron chi connectivity index (χ0n) is 4.99. The van der Waals surface area contributed by atoms with E-state index < -0.39 is 11.8 Å². The third-order valence-corrected chi connectivity index (χ3v) is 1.13. The second-order valence-corrected chi connectivity index (χ2v) is 1.76. The monoisotopic (exact) mass is 142 g/mol. The van der Waals surface area contributed by atoms with E-state index in [2.05, 4.69) is 4.84 Å². The first-order valence-electron chi connectivity index (χ1n) is 2.65. The summed E-state index contributed by atoms with van der Waals surface area (Å²) in [6.45, 7) is 1.00. The first kappa shape index (κ1) is 6.73. The summed E-state index contributed by atoms with van der Waals surface area (Å²) in [6, 6.07) is 0. The first-order valence-corrected chi connectivity index (χ1v) is 2.65. The zero-order chi connectivity index (χ0) is 7.56. The minimum Gasteiger partial charge on any atom is -0.319 e. The molecule has 5 heteroatoms. The fourth-order valence-electron chi connectivity index (χ4n) is 0.695. The Kier molecular flexibility index (Phi) is 1.66. The van der Waals surface area contributed by atoms with Crippen molar-refractivity contribution in [2.75, 3.05) is 0 Å². The zero-order valence-corrected chi connectivity index (χ0v) is 4.99. The molecule has 2 amide bonds. The number of carbonyl (C=O) groups is 2. The fraction of sp³-hybridized carbons (Fsp3) is 0.400. The quantitative estimate of drug-likeness (QED) is 0.470.